The molecule has 2 aromatic heterocycles. The quantitative estimate of drug-likeness (QED) is 0.557. The summed E-state index contributed by atoms with van der Waals surface area (Å²) in [5.41, 5.74) is 0.629. The maximum atomic E-state index is 14.3. The fourth-order valence-electron chi connectivity index (χ4n) is 4.41. The van der Waals surface area contributed by atoms with E-state index in [0.29, 0.717) is 41.2 Å². The van der Waals surface area contributed by atoms with E-state index in [1.165, 1.54) is 11.8 Å². The Bertz CT molecular complexity index is 1250. The molecule has 2 N–H and O–H groups in total. The second-order valence-electron chi connectivity index (χ2n) is 8.63. The molecule has 1 fully saturated rings. The topological polar surface area (TPSA) is 116 Å². The second-order valence-corrected chi connectivity index (χ2v) is 9.64. The van der Waals surface area contributed by atoms with Crippen LogP contribution in [0.25, 0.3) is 0 Å². The van der Waals surface area contributed by atoms with E-state index in [-0.39, 0.29) is 24.1 Å². The van der Waals surface area contributed by atoms with Gasteiger partial charge in [0.1, 0.15) is 5.54 Å². The summed E-state index contributed by atoms with van der Waals surface area (Å²) in [5, 5.41) is 12.9. The summed E-state index contributed by atoms with van der Waals surface area (Å²) in [5.74, 6) is -0.145. The minimum Gasteiger partial charge on any atom is -0.396 e. The molecule has 2 aliphatic heterocycles. The monoisotopic (exact) mass is 493 g/mol. The molecular weight excluding hydrogens is 469 g/mol. The van der Waals surface area contributed by atoms with Crippen LogP contribution in [0.1, 0.15) is 34.6 Å². The van der Waals surface area contributed by atoms with Gasteiger partial charge in [0.2, 0.25) is 5.95 Å². The van der Waals surface area contributed by atoms with Crippen LogP contribution in [0.4, 0.5) is 10.3 Å². The van der Waals surface area contributed by atoms with Gasteiger partial charge in [0.05, 0.1) is 36.9 Å². The number of thioether (sulfide) groups is 1. The van der Waals surface area contributed by atoms with Crippen LogP contribution in [-0.2, 0) is 5.54 Å². The minimum absolute atomic E-state index is 0.0361. The highest BCUT2D eigenvalue weighted by Gasteiger charge is 2.52. The van der Waals surface area contributed by atoms with Gasteiger partial charge in [-0.05, 0) is 12.1 Å². The number of nitrogens with one attached hydrogen (secondary N) is 1. The van der Waals surface area contributed by atoms with E-state index in [4.69, 9.17) is 4.99 Å². The van der Waals surface area contributed by atoms with Crippen molar-refractivity contribution in [3.63, 3.8) is 0 Å². The Labute approximate surface area is 206 Å². The predicted octanol–water partition coefficient (Wildman–Crippen LogP) is 2.37. The number of amides is 1. The largest absolute Gasteiger partial charge is 0.396 e. The SMILES string of the molecule is CC(CO)c1nc(N2C[C@H]3CSC(NC(=O)c4ccccc4)=NC3(c3cnccn3)C2)ncc1F. The van der Waals surface area contributed by atoms with Crippen LogP contribution in [-0.4, -0.2) is 61.6 Å². The number of nitrogens with zero attached hydrogens (tertiary/aromatic N) is 6. The van der Waals surface area contributed by atoms with Crippen molar-refractivity contribution in [1.82, 2.24) is 25.3 Å². The summed E-state index contributed by atoms with van der Waals surface area (Å²) in [7, 11) is 0. The number of hydrogen-bond acceptors (Lipinski definition) is 9. The number of aromatic nitrogens is 4. The van der Waals surface area contributed by atoms with Gasteiger partial charge in [0.15, 0.2) is 11.0 Å². The Hall–Kier alpha value is -3.44. The molecule has 35 heavy (non-hydrogen) atoms. The number of fused-ring (bicyclic) bond motifs is 1. The molecule has 1 saturated heterocycles. The lowest BCUT2D eigenvalue weighted by Gasteiger charge is -2.34. The van der Waals surface area contributed by atoms with Gasteiger partial charge in [-0.25, -0.2) is 19.4 Å². The van der Waals surface area contributed by atoms with Crippen LogP contribution in [0.5, 0.6) is 0 Å². The molecule has 9 nitrogen and oxygen atoms in total. The Morgan fingerprint density at radius 3 is 2.86 bits per heavy atom. The highest BCUT2D eigenvalue weighted by molar-refractivity contribution is 8.13. The Morgan fingerprint density at radius 2 is 2.11 bits per heavy atom. The number of carbonyl (C=O) groups excluding carboxylic acids is 1. The molecule has 1 aromatic carbocycles. The van der Waals surface area contributed by atoms with Gasteiger partial charge in [-0.2, -0.15) is 0 Å². The van der Waals surface area contributed by atoms with E-state index in [2.05, 4.69) is 25.3 Å². The van der Waals surface area contributed by atoms with Gasteiger partial charge in [-0.3, -0.25) is 14.8 Å². The van der Waals surface area contributed by atoms with E-state index in [0.717, 1.165) is 6.20 Å². The van der Waals surface area contributed by atoms with Crippen LogP contribution in [0.2, 0.25) is 0 Å². The molecule has 0 saturated carbocycles. The lowest BCUT2D eigenvalue weighted by Crippen LogP contribution is -2.43. The fourth-order valence-corrected chi connectivity index (χ4v) is 5.54. The highest BCUT2D eigenvalue weighted by Crippen LogP contribution is 2.45. The van der Waals surface area contributed by atoms with Crippen molar-refractivity contribution >= 4 is 28.8 Å². The number of aliphatic imine (C=N–C) groups is 1. The third-order valence-corrected chi connectivity index (χ3v) is 7.35. The summed E-state index contributed by atoms with van der Waals surface area (Å²) in [4.78, 5) is 37.2. The number of amidine groups is 1. The molecule has 2 unspecified atom stereocenters. The molecular formula is C24H24FN7O2S. The van der Waals surface area contributed by atoms with Gasteiger partial charge >= 0.3 is 0 Å². The third-order valence-electron chi connectivity index (χ3n) is 6.32. The number of halogens is 1. The molecule has 180 valence electrons. The first-order chi connectivity index (χ1) is 17.0. The van der Waals surface area contributed by atoms with Crippen molar-refractivity contribution < 1.29 is 14.3 Å². The van der Waals surface area contributed by atoms with Crippen LogP contribution < -0.4 is 10.2 Å². The van der Waals surface area contributed by atoms with E-state index >= 15 is 0 Å². The predicted molar refractivity (Wildman–Crippen MR) is 131 cm³/mol. The average molecular weight is 494 g/mol. The zero-order valence-corrected chi connectivity index (χ0v) is 19.8. The molecule has 3 atom stereocenters. The summed E-state index contributed by atoms with van der Waals surface area (Å²) in [6.07, 6.45) is 6.06. The van der Waals surface area contributed by atoms with E-state index in [1.54, 1.807) is 37.6 Å². The van der Waals surface area contributed by atoms with Gasteiger partial charge < -0.3 is 15.3 Å². The van der Waals surface area contributed by atoms with Gasteiger partial charge in [-0.15, -0.1) is 0 Å². The molecule has 0 aliphatic carbocycles. The molecule has 0 spiro atoms. The van der Waals surface area contributed by atoms with Crippen LogP contribution in [0, 0.1) is 11.7 Å². The maximum absolute atomic E-state index is 14.3. The molecule has 0 bridgehead atoms. The molecule has 1 amide bonds. The maximum Gasteiger partial charge on any atom is 0.257 e. The standard InChI is InChI=1S/C24H24FN7O2S/c1-15(12-33)20-18(25)9-28-22(29-20)32-11-17-13-35-23(30-21(34)16-5-3-2-4-6-16)31-24(17,14-32)19-10-26-7-8-27-19/h2-10,15,17,33H,11-14H2,1H3,(H,30,31,34)/t15?,17-,24?/m0/s1. The minimum atomic E-state index is -0.778. The molecule has 3 aromatic rings. The number of anilines is 1. The number of aliphatic hydroxyl groups is 1. The van der Waals surface area contributed by atoms with Gasteiger partial charge in [0.25, 0.3) is 5.91 Å². The number of rotatable bonds is 5. The zero-order valence-electron chi connectivity index (χ0n) is 19.0. The summed E-state index contributed by atoms with van der Waals surface area (Å²) < 4.78 is 14.3. The summed E-state index contributed by atoms with van der Waals surface area (Å²) in [6, 6.07) is 8.97. The summed E-state index contributed by atoms with van der Waals surface area (Å²) in [6.45, 7) is 2.46. The summed E-state index contributed by atoms with van der Waals surface area (Å²) >= 11 is 1.48. The molecule has 4 heterocycles. The van der Waals surface area contributed by atoms with Crippen LogP contribution >= 0.6 is 11.8 Å². The first-order valence-electron chi connectivity index (χ1n) is 11.2. The van der Waals surface area contributed by atoms with E-state index in [1.807, 2.05) is 23.1 Å². The van der Waals surface area contributed by atoms with E-state index in [9.17, 15) is 14.3 Å². The van der Waals surface area contributed by atoms with Crippen molar-refractivity contribution in [1.29, 1.82) is 0 Å². The molecule has 11 heteroatoms. The zero-order chi connectivity index (χ0) is 24.4. The number of carbonyl (C=O) groups is 1. The van der Waals surface area contributed by atoms with Gasteiger partial charge in [-0.1, -0.05) is 36.9 Å². The van der Waals surface area contributed by atoms with Crippen molar-refractivity contribution in [2.45, 2.75) is 18.4 Å². The van der Waals surface area contributed by atoms with Crippen molar-refractivity contribution in [3.8, 4) is 0 Å². The van der Waals surface area contributed by atoms with Crippen molar-refractivity contribution in [2.24, 2.45) is 10.9 Å². The number of benzene rings is 1. The Kier molecular flexibility index (Phi) is 6.44. The van der Waals surface area contributed by atoms with Crippen molar-refractivity contribution in [3.05, 3.63) is 77.9 Å². The van der Waals surface area contributed by atoms with Gasteiger partial charge in [0, 0.05) is 42.1 Å². The number of aliphatic hydroxyl groups excluding tert-OH is 1. The third kappa shape index (κ3) is 4.48. The van der Waals surface area contributed by atoms with E-state index < -0.39 is 17.3 Å². The first-order valence-corrected chi connectivity index (χ1v) is 12.2. The van der Waals surface area contributed by atoms with Crippen LogP contribution in [0.15, 0.2) is 60.1 Å². The Balaban J connectivity index is 1.49. The molecule has 0 radical (unpaired) electrons. The Morgan fingerprint density at radius 1 is 1.29 bits per heavy atom. The average Bonchev–Trinajstić information content (AvgIpc) is 3.30. The smallest absolute Gasteiger partial charge is 0.257 e. The first kappa shape index (κ1) is 23.3. The lowest BCUT2D eigenvalue weighted by molar-refractivity contribution is 0.0977. The highest BCUT2D eigenvalue weighted by atomic mass is 32.2. The fraction of sp³-hybridized carbons (Fsp3) is 0.333. The number of hydrogen-bond donors (Lipinski definition) is 2. The molecule has 2 aliphatic rings. The van der Waals surface area contributed by atoms with Crippen molar-refractivity contribution in [2.75, 3.05) is 30.3 Å². The van der Waals surface area contributed by atoms with Crippen LogP contribution in [0.3, 0.4) is 0 Å². The molecule has 5 rings (SSSR count). The lowest BCUT2D eigenvalue weighted by atomic mass is 9.86. The second kappa shape index (κ2) is 9.67. The normalized spacial score (nSPS) is 22.3.